The van der Waals surface area contributed by atoms with Gasteiger partial charge in [0.25, 0.3) is 0 Å². The minimum Gasteiger partial charge on any atom is -0.493 e. The summed E-state index contributed by atoms with van der Waals surface area (Å²) in [4.78, 5) is 0. The van der Waals surface area contributed by atoms with Crippen LogP contribution in [0.1, 0.15) is 44.1 Å². The van der Waals surface area contributed by atoms with Crippen LogP contribution in [0.25, 0.3) is 0 Å². The Morgan fingerprint density at radius 2 is 1.90 bits per heavy atom. The Balaban J connectivity index is 1.82. The minimum atomic E-state index is 0.373. The fourth-order valence-corrected chi connectivity index (χ4v) is 3.46. The van der Waals surface area contributed by atoms with E-state index < -0.39 is 0 Å². The van der Waals surface area contributed by atoms with Gasteiger partial charge in [0, 0.05) is 12.5 Å². The molecule has 1 saturated carbocycles. The predicted octanol–water partition coefficient (Wildman–Crippen LogP) is 3.34. The zero-order valence-corrected chi connectivity index (χ0v) is 12.5. The van der Waals surface area contributed by atoms with Crippen LogP contribution < -0.4 is 14.8 Å². The Hall–Kier alpha value is -1.22. The van der Waals surface area contributed by atoms with Gasteiger partial charge in [-0.2, -0.15) is 0 Å². The van der Waals surface area contributed by atoms with Gasteiger partial charge < -0.3 is 14.8 Å². The van der Waals surface area contributed by atoms with Crippen molar-refractivity contribution < 1.29 is 9.47 Å². The summed E-state index contributed by atoms with van der Waals surface area (Å²) in [7, 11) is 1.72. The fraction of sp³-hybridized carbons (Fsp3) is 0.647. The van der Waals surface area contributed by atoms with Crippen LogP contribution in [0.5, 0.6) is 11.5 Å². The van der Waals surface area contributed by atoms with Crippen LogP contribution in [0.15, 0.2) is 18.2 Å². The third kappa shape index (κ3) is 2.78. The molecule has 0 radical (unpaired) electrons. The highest BCUT2D eigenvalue weighted by Gasteiger charge is 2.26. The molecule has 1 aromatic carbocycles. The van der Waals surface area contributed by atoms with E-state index in [0.717, 1.165) is 24.6 Å². The average molecular weight is 275 g/mol. The van der Waals surface area contributed by atoms with Crippen LogP contribution in [-0.2, 0) is 0 Å². The summed E-state index contributed by atoms with van der Waals surface area (Å²) in [5.41, 5.74) is 1.37. The lowest BCUT2D eigenvalue weighted by Gasteiger charge is -2.20. The monoisotopic (exact) mass is 275 g/mol. The molecule has 0 bridgehead atoms. The van der Waals surface area contributed by atoms with E-state index in [1.165, 1.54) is 31.2 Å². The molecule has 20 heavy (non-hydrogen) atoms. The zero-order valence-electron chi connectivity index (χ0n) is 12.5. The Morgan fingerprint density at radius 1 is 1.10 bits per heavy atom. The number of rotatable bonds is 4. The summed E-state index contributed by atoms with van der Waals surface area (Å²) < 4.78 is 11.6. The fourth-order valence-electron chi connectivity index (χ4n) is 3.46. The van der Waals surface area contributed by atoms with Crippen molar-refractivity contribution in [2.45, 2.75) is 44.6 Å². The molecule has 3 rings (SSSR count). The van der Waals surface area contributed by atoms with E-state index in [0.29, 0.717) is 17.9 Å². The highest BCUT2D eigenvalue weighted by molar-refractivity contribution is 5.44. The van der Waals surface area contributed by atoms with E-state index >= 15 is 0 Å². The molecule has 1 heterocycles. The standard InChI is InChI=1S/C17H25NO2/c1-12-10-18-11-15(12)13-7-8-16(19-2)17(9-13)20-14-5-3-4-6-14/h7-9,12,14-15,18H,3-6,10-11H2,1-2H3/t12-,15+/m1/s1. The van der Waals surface area contributed by atoms with Gasteiger partial charge in [0.2, 0.25) is 0 Å². The van der Waals surface area contributed by atoms with Gasteiger partial charge in [-0.05, 0) is 55.8 Å². The first kappa shape index (κ1) is 13.7. The Kier molecular flexibility index (Phi) is 4.16. The quantitative estimate of drug-likeness (QED) is 0.914. The first-order chi connectivity index (χ1) is 9.78. The van der Waals surface area contributed by atoms with Crippen molar-refractivity contribution in [3.8, 4) is 11.5 Å². The molecule has 2 atom stereocenters. The van der Waals surface area contributed by atoms with E-state index in [9.17, 15) is 0 Å². The van der Waals surface area contributed by atoms with Crippen molar-refractivity contribution >= 4 is 0 Å². The number of hydrogen-bond acceptors (Lipinski definition) is 3. The van der Waals surface area contributed by atoms with Gasteiger partial charge >= 0.3 is 0 Å². The topological polar surface area (TPSA) is 30.5 Å². The molecule has 2 aliphatic rings. The van der Waals surface area contributed by atoms with E-state index in [1.54, 1.807) is 7.11 Å². The van der Waals surface area contributed by atoms with Gasteiger partial charge in [0.05, 0.1) is 13.2 Å². The highest BCUT2D eigenvalue weighted by atomic mass is 16.5. The molecule has 0 amide bonds. The second-order valence-electron chi connectivity index (χ2n) is 6.18. The molecule has 0 aromatic heterocycles. The summed E-state index contributed by atoms with van der Waals surface area (Å²) in [6, 6.07) is 6.45. The van der Waals surface area contributed by atoms with E-state index in [1.807, 2.05) is 0 Å². The van der Waals surface area contributed by atoms with Crippen LogP contribution in [0.4, 0.5) is 0 Å². The number of hydrogen-bond donors (Lipinski definition) is 1. The van der Waals surface area contributed by atoms with Crippen LogP contribution in [0, 0.1) is 5.92 Å². The lowest BCUT2D eigenvalue weighted by molar-refractivity contribution is 0.200. The van der Waals surface area contributed by atoms with Crippen LogP contribution in [0.2, 0.25) is 0 Å². The van der Waals surface area contributed by atoms with Gasteiger partial charge in [-0.1, -0.05) is 13.0 Å². The molecule has 0 spiro atoms. The molecule has 0 unspecified atom stereocenters. The van der Waals surface area contributed by atoms with Gasteiger partial charge in [-0.15, -0.1) is 0 Å². The smallest absolute Gasteiger partial charge is 0.161 e. The maximum atomic E-state index is 6.19. The van der Waals surface area contributed by atoms with Gasteiger partial charge in [0.15, 0.2) is 11.5 Å². The van der Waals surface area contributed by atoms with Gasteiger partial charge in [-0.25, -0.2) is 0 Å². The average Bonchev–Trinajstić information content (AvgIpc) is 3.10. The maximum Gasteiger partial charge on any atom is 0.161 e. The van der Waals surface area contributed by atoms with E-state index in [-0.39, 0.29) is 0 Å². The van der Waals surface area contributed by atoms with Gasteiger partial charge in [0.1, 0.15) is 0 Å². The van der Waals surface area contributed by atoms with Crippen LogP contribution in [0.3, 0.4) is 0 Å². The molecule has 1 saturated heterocycles. The van der Waals surface area contributed by atoms with Crippen LogP contribution >= 0.6 is 0 Å². The summed E-state index contributed by atoms with van der Waals surface area (Å²) in [5.74, 6) is 3.06. The van der Waals surface area contributed by atoms with Crippen molar-refractivity contribution in [2.75, 3.05) is 20.2 Å². The second kappa shape index (κ2) is 6.04. The lowest BCUT2D eigenvalue weighted by Crippen LogP contribution is -2.13. The molecule has 1 aliphatic carbocycles. The molecule has 2 fully saturated rings. The molecule has 1 N–H and O–H groups in total. The maximum absolute atomic E-state index is 6.19. The Morgan fingerprint density at radius 3 is 2.55 bits per heavy atom. The van der Waals surface area contributed by atoms with E-state index in [4.69, 9.17) is 9.47 Å². The first-order valence-electron chi connectivity index (χ1n) is 7.83. The lowest BCUT2D eigenvalue weighted by atomic mass is 9.90. The third-order valence-electron chi connectivity index (χ3n) is 4.73. The molecule has 110 valence electrons. The molecular weight excluding hydrogens is 250 g/mol. The van der Waals surface area contributed by atoms with Crippen molar-refractivity contribution in [2.24, 2.45) is 5.92 Å². The normalized spacial score (nSPS) is 26.9. The third-order valence-corrected chi connectivity index (χ3v) is 4.73. The predicted molar refractivity (Wildman–Crippen MR) is 80.7 cm³/mol. The molecule has 1 aliphatic heterocycles. The molecule has 3 heteroatoms. The minimum absolute atomic E-state index is 0.373. The van der Waals surface area contributed by atoms with Crippen molar-refractivity contribution in [3.63, 3.8) is 0 Å². The number of benzene rings is 1. The first-order valence-corrected chi connectivity index (χ1v) is 7.83. The highest BCUT2D eigenvalue weighted by Crippen LogP contribution is 2.36. The van der Waals surface area contributed by atoms with Gasteiger partial charge in [-0.3, -0.25) is 0 Å². The summed E-state index contributed by atoms with van der Waals surface area (Å²) >= 11 is 0. The largest absolute Gasteiger partial charge is 0.493 e. The zero-order chi connectivity index (χ0) is 13.9. The SMILES string of the molecule is COc1ccc([C@H]2CNC[C@H]2C)cc1OC1CCCC1. The summed E-state index contributed by atoms with van der Waals surface area (Å²) in [5, 5.41) is 3.47. The Bertz CT molecular complexity index is 454. The van der Waals surface area contributed by atoms with Crippen molar-refractivity contribution in [3.05, 3.63) is 23.8 Å². The molecule has 3 nitrogen and oxygen atoms in total. The summed E-state index contributed by atoms with van der Waals surface area (Å²) in [6.45, 7) is 4.48. The number of methoxy groups -OCH3 is 1. The van der Waals surface area contributed by atoms with Crippen molar-refractivity contribution in [1.29, 1.82) is 0 Å². The van der Waals surface area contributed by atoms with Crippen molar-refractivity contribution in [1.82, 2.24) is 5.32 Å². The number of ether oxygens (including phenoxy) is 2. The molecular formula is C17H25NO2. The van der Waals surface area contributed by atoms with Crippen LogP contribution in [-0.4, -0.2) is 26.3 Å². The molecule has 1 aromatic rings. The number of nitrogens with one attached hydrogen (secondary N) is 1. The van der Waals surface area contributed by atoms with E-state index in [2.05, 4.69) is 30.4 Å². The second-order valence-corrected chi connectivity index (χ2v) is 6.18. The Labute approximate surface area is 121 Å². The summed E-state index contributed by atoms with van der Waals surface area (Å²) in [6.07, 6.45) is 5.30.